The van der Waals surface area contributed by atoms with Gasteiger partial charge in [0, 0.05) is 11.6 Å². The van der Waals surface area contributed by atoms with Crippen LogP contribution in [0.5, 0.6) is 0 Å². The molecule has 1 amide bonds. The Kier molecular flexibility index (Phi) is 4.68. The smallest absolute Gasteiger partial charge is 0.230 e. The summed E-state index contributed by atoms with van der Waals surface area (Å²) in [5.74, 6) is 0.402. The zero-order valence-electron chi connectivity index (χ0n) is 12.0. The van der Waals surface area contributed by atoms with Crippen LogP contribution < -0.4 is 10.2 Å². The number of benzene rings is 1. The van der Waals surface area contributed by atoms with Crippen molar-refractivity contribution in [1.29, 1.82) is 0 Å². The Bertz CT molecular complexity index is 562. The molecule has 0 radical (unpaired) electrons. The van der Waals surface area contributed by atoms with E-state index in [1.54, 1.807) is 11.3 Å². The average Bonchev–Trinajstić information content (AvgIpc) is 3.07. The van der Waals surface area contributed by atoms with Crippen LogP contribution in [0.3, 0.4) is 0 Å². The number of hydrogen-bond acceptors (Lipinski definition) is 3. The second-order valence-electron chi connectivity index (χ2n) is 5.42. The minimum atomic E-state index is 0.144. The summed E-state index contributed by atoms with van der Waals surface area (Å²) in [6.45, 7) is 2.55. The van der Waals surface area contributed by atoms with E-state index in [1.807, 2.05) is 35.2 Å². The molecule has 1 aliphatic heterocycles. The number of piperidine rings is 1. The van der Waals surface area contributed by atoms with Gasteiger partial charge in [0.2, 0.25) is 5.91 Å². The standard InChI is InChI=1S/C17H20N2OS/c20-17(15-6-9-18-10-7-15)19(12-14-8-11-21-13-14)16-4-2-1-3-5-16/h1-5,8,11,13,15,18H,6-7,9-10,12H2. The third kappa shape index (κ3) is 3.52. The molecule has 3 rings (SSSR count). The molecule has 1 saturated heterocycles. The van der Waals surface area contributed by atoms with Gasteiger partial charge in [-0.2, -0.15) is 11.3 Å². The maximum Gasteiger partial charge on any atom is 0.230 e. The van der Waals surface area contributed by atoms with Gasteiger partial charge in [-0.1, -0.05) is 18.2 Å². The van der Waals surface area contributed by atoms with Gasteiger partial charge in [-0.3, -0.25) is 4.79 Å². The molecule has 1 aromatic heterocycles. The lowest BCUT2D eigenvalue weighted by atomic mass is 9.96. The molecule has 2 heterocycles. The van der Waals surface area contributed by atoms with Crippen LogP contribution in [0.1, 0.15) is 18.4 Å². The van der Waals surface area contributed by atoms with E-state index < -0.39 is 0 Å². The van der Waals surface area contributed by atoms with Crippen molar-refractivity contribution in [3.63, 3.8) is 0 Å². The summed E-state index contributed by atoms with van der Waals surface area (Å²) >= 11 is 1.68. The van der Waals surface area contributed by atoms with Crippen LogP contribution in [0, 0.1) is 5.92 Å². The minimum absolute atomic E-state index is 0.144. The minimum Gasteiger partial charge on any atom is -0.317 e. The number of nitrogens with one attached hydrogen (secondary N) is 1. The molecule has 4 heteroatoms. The highest BCUT2D eigenvalue weighted by molar-refractivity contribution is 7.07. The Morgan fingerprint density at radius 2 is 1.95 bits per heavy atom. The van der Waals surface area contributed by atoms with Crippen LogP contribution in [-0.4, -0.2) is 19.0 Å². The number of amides is 1. The first kappa shape index (κ1) is 14.3. The van der Waals surface area contributed by atoms with Crippen LogP contribution in [0.15, 0.2) is 47.2 Å². The predicted octanol–water partition coefficient (Wildman–Crippen LogP) is 3.28. The van der Waals surface area contributed by atoms with Crippen molar-refractivity contribution in [2.75, 3.05) is 18.0 Å². The van der Waals surface area contributed by atoms with E-state index >= 15 is 0 Å². The molecule has 0 unspecified atom stereocenters. The molecule has 1 fully saturated rings. The first-order valence-corrected chi connectivity index (χ1v) is 8.37. The lowest BCUT2D eigenvalue weighted by Crippen LogP contribution is -2.40. The van der Waals surface area contributed by atoms with Gasteiger partial charge >= 0.3 is 0 Å². The summed E-state index contributed by atoms with van der Waals surface area (Å²) in [6.07, 6.45) is 1.87. The van der Waals surface area contributed by atoms with Crippen molar-refractivity contribution in [2.45, 2.75) is 19.4 Å². The van der Waals surface area contributed by atoms with E-state index in [4.69, 9.17) is 0 Å². The van der Waals surface area contributed by atoms with Gasteiger partial charge in [0.15, 0.2) is 0 Å². The SMILES string of the molecule is O=C(C1CCNCC1)N(Cc1ccsc1)c1ccccc1. The average molecular weight is 300 g/mol. The summed E-state index contributed by atoms with van der Waals surface area (Å²) in [5, 5.41) is 7.50. The largest absolute Gasteiger partial charge is 0.317 e. The van der Waals surface area contributed by atoms with Crippen LogP contribution in [-0.2, 0) is 11.3 Å². The highest BCUT2D eigenvalue weighted by Crippen LogP contribution is 2.23. The summed E-state index contributed by atoms with van der Waals surface area (Å²) in [6, 6.07) is 12.1. The van der Waals surface area contributed by atoms with Gasteiger partial charge in [0.1, 0.15) is 0 Å². The topological polar surface area (TPSA) is 32.3 Å². The molecule has 1 aromatic carbocycles. The number of rotatable bonds is 4. The number of anilines is 1. The Morgan fingerprint density at radius 1 is 1.19 bits per heavy atom. The molecule has 0 bridgehead atoms. The number of nitrogens with zero attached hydrogens (tertiary/aromatic N) is 1. The van der Waals surface area contributed by atoms with Crippen molar-refractivity contribution in [1.82, 2.24) is 5.32 Å². The highest BCUT2D eigenvalue weighted by atomic mass is 32.1. The fourth-order valence-corrected chi connectivity index (χ4v) is 3.42. The van der Waals surface area contributed by atoms with Gasteiger partial charge in [-0.05, 0) is 60.5 Å². The lowest BCUT2D eigenvalue weighted by molar-refractivity contribution is -0.123. The molecule has 1 N–H and O–H groups in total. The highest BCUT2D eigenvalue weighted by Gasteiger charge is 2.26. The van der Waals surface area contributed by atoms with E-state index in [1.165, 1.54) is 5.56 Å². The van der Waals surface area contributed by atoms with Gasteiger partial charge in [-0.25, -0.2) is 0 Å². The van der Waals surface area contributed by atoms with Crippen LogP contribution in [0.4, 0.5) is 5.69 Å². The predicted molar refractivity (Wildman–Crippen MR) is 87.5 cm³/mol. The van der Waals surface area contributed by atoms with Gasteiger partial charge in [0.05, 0.1) is 6.54 Å². The fraction of sp³-hybridized carbons (Fsp3) is 0.353. The molecule has 0 atom stereocenters. The Balaban J connectivity index is 1.82. The van der Waals surface area contributed by atoms with E-state index in [-0.39, 0.29) is 11.8 Å². The maximum absolute atomic E-state index is 12.9. The molecule has 110 valence electrons. The molecule has 2 aromatic rings. The molecule has 3 nitrogen and oxygen atoms in total. The monoisotopic (exact) mass is 300 g/mol. The third-order valence-corrected chi connectivity index (χ3v) is 4.68. The van der Waals surface area contributed by atoms with E-state index in [0.29, 0.717) is 6.54 Å². The van der Waals surface area contributed by atoms with E-state index in [0.717, 1.165) is 31.6 Å². The second-order valence-corrected chi connectivity index (χ2v) is 6.20. The van der Waals surface area contributed by atoms with E-state index in [9.17, 15) is 4.79 Å². The van der Waals surface area contributed by atoms with Crippen molar-refractivity contribution in [2.24, 2.45) is 5.92 Å². The third-order valence-electron chi connectivity index (χ3n) is 3.94. The Hall–Kier alpha value is -1.65. The summed E-state index contributed by atoms with van der Waals surface area (Å²) < 4.78 is 0. The lowest BCUT2D eigenvalue weighted by Gasteiger charge is -2.29. The Morgan fingerprint density at radius 3 is 2.62 bits per heavy atom. The second kappa shape index (κ2) is 6.87. The van der Waals surface area contributed by atoms with E-state index in [2.05, 4.69) is 22.1 Å². The molecule has 0 saturated carbocycles. The number of para-hydroxylation sites is 1. The molecular formula is C17H20N2OS. The molecule has 21 heavy (non-hydrogen) atoms. The van der Waals surface area contributed by atoms with Crippen molar-refractivity contribution in [3.05, 3.63) is 52.7 Å². The van der Waals surface area contributed by atoms with Gasteiger partial charge < -0.3 is 10.2 Å². The van der Waals surface area contributed by atoms with Crippen LogP contribution in [0.25, 0.3) is 0 Å². The number of thiophene rings is 1. The zero-order chi connectivity index (χ0) is 14.5. The molecule has 1 aliphatic rings. The zero-order valence-corrected chi connectivity index (χ0v) is 12.8. The number of hydrogen-bond donors (Lipinski definition) is 1. The first-order valence-electron chi connectivity index (χ1n) is 7.43. The maximum atomic E-state index is 12.9. The number of carbonyl (C=O) groups is 1. The van der Waals surface area contributed by atoms with Crippen molar-refractivity contribution in [3.8, 4) is 0 Å². The summed E-state index contributed by atoms with van der Waals surface area (Å²) in [7, 11) is 0. The summed E-state index contributed by atoms with van der Waals surface area (Å²) in [5.41, 5.74) is 2.19. The van der Waals surface area contributed by atoms with Gasteiger partial charge in [-0.15, -0.1) is 0 Å². The molecular weight excluding hydrogens is 280 g/mol. The Labute approximate surface area is 129 Å². The fourth-order valence-electron chi connectivity index (χ4n) is 2.76. The summed E-state index contributed by atoms with van der Waals surface area (Å²) in [4.78, 5) is 14.9. The van der Waals surface area contributed by atoms with Gasteiger partial charge in [0.25, 0.3) is 0 Å². The first-order chi connectivity index (χ1) is 10.3. The molecule has 0 aliphatic carbocycles. The quantitative estimate of drug-likeness (QED) is 0.940. The number of carbonyl (C=O) groups excluding carboxylic acids is 1. The van der Waals surface area contributed by atoms with Crippen molar-refractivity contribution >= 4 is 22.9 Å². The normalized spacial score (nSPS) is 15.8. The van der Waals surface area contributed by atoms with Crippen LogP contribution >= 0.6 is 11.3 Å². The molecule has 0 spiro atoms. The van der Waals surface area contributed by atoms with Crippen LogP contribution in [0.2, 0.25) is 0 Å². The van der Waals surface area contributed by atoms with Crippen molar-refractivity contribution < 1.29 is 4.79 Å².